The summed E-state index contributed by atoms with van der Waals surface area (Å²) < 4.78 is 59.8. The second-order valence-corrected chi connectivity index (χ2v) is 3.77. The van der Waals surface area contributed by atoms with E-state index in [0.29, 0.717) is 5.01 Å². The van der Waals surface area contributed by atoms with Crippen LogP contribution in [0.4, 0.5) is 17.6 Å². The lowest BCUT2D eigenvalue weighted by Crippen LogP contribution is -2.63. The van der Waals surface area contributed by atoms with Crippen LogP contribution in [0.3, 0.4) is 0 Å². The molecule has 0 spiro atoms. The number of rotatable bonds is 1. The van der Waals surface area contributed by atoms with Crippen LogP contribution in [-0.2, 0) is 14.3 Å². The van der Waals surface area contributed by atoms with Crippen molar-refractivity contribution in [3.8, 4) is 0 Å². The highest BCUT2D eigenvalue weighted by Crippen LogP contribution is 2.34. The Hall–Kier alpha value is -0.930. The van der Waals surface area contributed by atoms with Gasteiger partial charge in [0, 0.05) is 0 Å². The van der Waals surface area contributed by atoms with E-state index in [9.17, 15) is 22.4 Å². The Bertz CT molecular complexity index is 310. The molecule has 0 aromatic carbocycles. The molecule has 0 saturated carbocycles. The highest BCUT2D eigenvalue weighted by atomic mass is 19.3. The van der Waals surface area contributed by atoms with E-state index in [1.807, 2.05) is 0 Å². The van der Waals surface area contributed by atoms with Crippen molar-refractivity contribution >= 4 is 5.91 Å². The van der Waals surface area contributed by atoms with Crippen molar-refractivity contribution in [2.45, 2.75) is 12.2 Å². The van der Waals surface area contributed by atoms with Crippen LogP contribution in [0.1, 0.15) is 0 Å². The number of carbonyl (C=O) groups is 1. The van der Waals surface area contributed by atoms with E-state index in [4.69, 9.17) is 4.74 Å². The molecule has 1 amide bonds. The van der Waals surface area contributed by atoms with Gasteiger partial charge in [0.15, 0.2) is 0 Å². The van der Waals surface area contributed by atoms with Crippen molar-refractivity contribution in [2.24, 2.45) is 0 Å². The van der Waals surface area contributed by atoms with E-state index in [1.165, 1.54) is 0 Å². The molecule has 0 unspecified atom stereocenters. The molecule has 2 fully saturated rings. The van der Waals surface area contributed by atoms with Gasteiger partial charge in [-0.25, -0.2) is 5.01 Å². The van der Waals surface area contributed by atoms with Crippen molar-refractivity contribution in [1.82, 2.24) is 10.0 Å². The fourth-order valence-electron chi connectivity index (χ4n) is 1.74. The Balaban J connectivity index is 2.12. The molecule has 2 aliphatic heterocycles. The molecule has 2 saturated heterocycles. The highest BCUT2D eigenvalue weighted by Gasteiger charge is 2.53. The van der Waals surface area contributed by atoms with Crippen LogP contribution in [-0.4, -0.2) is 61.0 Å². The largest absolute Gasteiger partial charge is 0.374 e. The molecule has 2 heterocycles. The molecule has 2 aliphatic rings. The van der Waals surface area contributed by atoms with E-state index in [0.717, 1.165) is 5.01 Å². The van der Waals surface area contributed by atoms with Crippen LogP contribution in [0.2, 0.25) is 0 Å². The molecule has 9 heteroatoms. The summed E-state index contributed by atoms with van der Waals surface area (Å²) in [5.41, 5.74) is 0. The van der Waals surface area contributed by atoms with E-state index in [1.54, 1.807) is 0 Å². The van der Waals surface area contributed by atoms with Crippen molar-refractivity contribution in [3.05, 3.63) is 0 Å². The van der Waals surface area contributed by atoms with Gasteiger partial charge in [0.2, 0.25) is 0 Å². The number of hydrogen-bond donors (Lipinski definition) is 0. The molecule has 0 atom stereocenters. The van der Waals surface area contributed by atoms with Crippen LogP contribution in [0.25, 0.3) is 0 Å². The standard InChI is InChI=1S/C8H10F4N2O3/c9-7(10)4-13(5-8(11,12)17-7)14-1-2-16-3-6(14)15/h1-5H2. The second kappa shape index (κ2) is 4.07. The lowest BCUT2D eigenvalue weighted by molar-refractivity contribution is -0.417. The number of halogens is 4. The predicted molar refractivity (Wildman–Crippen MR) is 45.1 cm³/mol. The minimum atomic E-state index is -3.99. The first kappa shape index (κ1) is 12.5. The van der Waals surface area contributed by atoms with Gasteiger partial charge in [-0.2, -0.15) is 17.6 Å². The third-order valence-corrected chi connectivity index (χ3v) is 2.33. The van der Waals surface area contributed by atoms with Crippen LogP contribution in [0, 0.1) is 0 Å². The molecule has 2 rings (SSSR count). The Morgan fingerprint density at radius 3 is 2.24 bits per heavy atom. The molecule has 0 aromatic heterocycles. The fraction of sp³-hybridized carbons (Fsp3) is 0.875. The third kappa shape index (κ3) is 2.85. The predicted octanol–water partition coefficient (Wildman–Crippen LogP) is 0.278. The summed E-state index contributed by atoms with van der Waals surface area (Å²) in [7, 11) is 0. The highest BCUT2D eigenvalue weighted by molar-refractivity contribution is 5.77. The zero-order valence-electron chi connectivity index (χ0n) is 8.67. The van der Waals surface area contributed by atoms with Crippen molar-refractivity contribution in [2.75, 3.05) is 32.8 Å². The molecule has 98 valence electrons. The molecule has 0 N–H and O–H groups in total. The maximum atomic E-state index is 12.9. The average molecular weight is 258 g/mol. The summed E-state index contributed by atoms with van der Waals surface area (Å²) in [5, 5.41) is 1.46. The second-order valence-electron chi connectivity index (χ2n) is 3.77. The summed E-state index contributed by atoms with van der Waals surface area (Å²) in [4.78, 5) is 11.3. The Morgan fingerprint density at radius 2 is 1.71 bits per heavy atom. The average Bonchev–Trinajstić information content (AvgIpc) is 2.13. The Morgan fingerprint density at radius 1 is 1.12 bits per heavy atom. The van der Waals surface area contributed by atoms with Crippen molar-refractivity contribution < 1.29 is 31.8 Å². The lowest BCUT2D eigenvalue weighted by Gasteiger charge is -2.43. The summed E-state index contributed by atoms with van der Waals surface area (Å²) in [6, 6.07) is 0. The number of alkyl halides is 4. The number of carbonyl (C=O) groups excluding carboxylic acids is 1. The van der Waals surface area contributed by atoms with Crippen LogP contribution < -0.4 is 0 Å². The SMILES string of the molecule is O=C1COCCN1N1CC(F)(F)OC(F)(F)C1. The Kier molecular flexibility index (Phi) is 3.00. The molecular weight excluding hydrogens is 248 g/mol. The number of morpholine rings is 2. The summed E-state index contributed by atoms with van der Waals surface area (Å²) in [5.74, 6) is -0.621. The third-order valence-electron chi connectivity index (χ3n) is 2.33. The van der Waals surface area contributed by atoms with Gasteiger partial charge in [0.25, 0.3) is 5.91 Å². The molecule has 0 aliphatic carbocycles. The molecule has 5 nitrogen and oxygen atoms in total. The van der Waals surface area contributed by atoms with Gasteiger partial charge >= 0.3 is 12.2 Å². The van der Waals surface area contributed by atoms with Gasteiger partial charge in [-0.1, -0.05) is 0 Å². The van der Waals surface area contributed by atoms with E-state index in [2.05, 4.69) is 4.74 Å². The number of nitrogens with zero attached hydrogens (tertiary/aromatic N) is 2. The zero-order valence-corrected chi connectivity index (χ0v) is 8.67. The monoisotopic (exact) mass is 258 g/mol. The number of amides is 1. The van der Waals surface area contributed by atoms with Gasteiger partial charge in [-0.05, 0) is 0 Å². The van der Waals surface area contributed by atoms with Crippen LogP contribution in [0.5, 0.6) is 0 Å². The maximum Gasteiger partial charge on any atom is 0.374 e. The van der Waals surface area contributed by atoms with Crippen LogP contribution in [0.15, 0.2) is 0 Å². The number of hydrazine groups is 1. The van der Waals surface area contributed by atoms with E-state index in [-0.39, 0.29) is 19.8 Å². The van der Waals surface area contributed by atoms with Crippen LogP contribution >= 0.6 is 0 Å². The zero-order chi connectivity index (χ0) is 12.7. The number of ether oxygens (including phenoxy) is 2. The summed E-state index contributed by atoms with van der Waals surface area (Å²) >= 11 is 0. The van der Waals surface area contributed by atoms with Gasteiger partial charge in [-0.15, -0.1) is 0 Å². The fourth-order valence-corrected chi connectivity index (χ4v) is 1.74. The molecule has 0 radical (unpaired) electrons. The van der Waals surface area contributed by atoms with Gasteiger partial charge in [0.05, 0.1) is 13.2 Å². The van der Waals surface area contributed by atoms with Crippen molar-refractivity contribution in [3.63, 3.8) is 0 Å². The smallest absolute Gasteiger partial charge is 0.370 e. The minimum Gasteiger partial charge on any atom is -0.370 e. The van der Waals surface area contributed by atoms with E-state index >= 15 is 0 Å². The quantitative estimate of drug-likeness (QED) is 0.633. The lowest BCUT2D eigenvalue weighted by atomic mass is 10.4. The molecule has 0 aromatic rings. The molecular formula is C8H10F4N2O3. The van der Waals surface area contributed by atoms with Gasteiger partial charge < -0.3 is 4.74 Å². The first-order valence-corrected chi connectivity index (χ1v) is 4.88. The molecule has 0 bridgehead atoms. The van der Waals surface area contributed by atoms with Gasteiger partial charge in [-0.3, -0.25) is 14.5 Å². The summed E-state index contributed by atoms with van der Waals surface area (Å²) in [6.45, 7) is -2.34. The maximum absolute atomic E-state index is 12.9. The Labute approximate surface area is 93.8 Å². The van der Waals surface area contributed by atoms with E-state index < -0.39 is 31.2 Å². The topological polar surface area (TPSA) is 42.0 Å². The minimum absolute atomic E-state index is 0.0228. The first-order valence-electron chi connectivity index (χ1n) is 4.88. The van der Waals surface area contributed by atoms with Gasteiger partial charge in [0.1, 0.15) is 19.7 Å². The first-order chi connectivity index (χ1) is 7.79. The summed E-state index contributed by atoms with van der Waals surface area (Å²) in [6.07, 6.45) is -7.97. The molecule has 17 heavy (non-hydrogen) atoms. The normalized spacial score (nSPS) is 29.4. The van der Waals surface area contributed by atoms with Crippen molar-refractivity contribution in [1.29, 1.82) is 0 Å². The number of hydrogen-bond acceptors (Lipinski definition) is 4.